The molecule has 0 aliphatic carbocycles. The fourth-order valence-corrected chi connectivity index (χ4v) is 5.56. The lowest BCUT2D eigenvalue weighted by Gasteiger charge is -2.27. The molecule has 0 saturated carbocycles. The molecular weight excluding hydrogens is 573 g/mol. The molecule has 6 rings (SSSR count). The first-order valence-electron chi connectivity index (χ1n) is 14.2. The maximum atomic E-state index is 14.2. The van der Waals surface area contributed by atoms with E-state index in [0.717, 1.165) is 29.7 Å². The zero-order chi connectivity index (χ0) is 29.1. The summed E-state index contributed by atoms with van der Waals surface area (Å²) in [5, 5.41) is 19.2. The second-order valence-corrected chi connectivity index (χ2v) is 10.6. The molecule has 0 unspecified atom stereocenters. The van der Waals surface area contributed by atoms with Crippen molar-refractivity contribution in [1.29, 1.82) is 5.26 Å². The minimum atomic E-state index is -1.13. The number of carbonyl (C=O) groups is 1. The maximum absolute atomic E-state index is 14.2. The van der Waals surface area contributed by atoms with Crippen LogP contribution in [0.4, 0.5) is 10.1 Å². The Morgan fingerprint density at radius 3 is 2.72 bits per heavy atom. The molecule has 1 amide bonds. The number of rotatable bonds is 7. The SMILES string of the molecule is COc1cc(C(=O)N[C@H]2CCNC[C@H]2F)ccc1-c1cc2nccc(-c3ccc(NC4CCOCC4)c(C#N)c3)c2o1.Cl. The van der Waals surface area contributed by atoms with Gasteiger partial charge in [-0.2, -0.15) is 5.26 Å². The van der Waals surface area contributed by atoms with Crippen molar-refractivity contribution in [2.75, 3.05) is 38.7 Å². The molecule has 4 heterocycles. The van der Waals surface area contributed by atoms with Crippen LogP contribution in [0.25, 0.3) is 33.6 Å². The van der Waals surface area contributed by atoms with E-state index in [9.17, 15) is 14.4 Å². The summed E-state index contributed by atoms with van der Waals surface area (Å²) in [7, 11) is 1.52. The number of nitriles is 1. The van der Waals surface area contributed by atoms with E-state index < -0.39 is 12.2 Å². The van der Waals surface area contributed by atoms with E-state index in [1.165, 1.54) is 7.11 Å². The summed E-state index contributed by atoms with van der Waals surface area (Å²) in [5.41, 5.74) is 5.23. The molecule has 2 aliphatic rings. The van der Waals surface area contributed by atoms with E-state index in [0.29, 0.717) is 65.5 Å². The van der Waals surface area contributed by atoms with E-state index in [-0.39, 0.29) is 30.9 Å². The van der Waals surface area contributed by atoms with Crippen LogP contribution in [-0.4, -0.2) is 62.6 Å². The van der Waals surface area contributed by atoms with Gasteiger partial charge in [0.1, 0.15) is 29.3 Å². The Morgan fingerprint density at radius 2 is 1.95 bits per heavy atom. The molecule has 0 spiro atoms. The highest BCUT2D eigenvalue weighted by Gasteiger charge is 2.27. The Morgan fingerprint density at radius 1 is 1.12 bits per heavy atom. The van der Waals surface area contributed by atoms with Crippen molar-refractivity contribution in [2.24, 2.45) is 0 Å². The van der Waals surface area contributed by atoms with Crippen LogP contribution >= 0.6 is 12.4 Å². The third-order valence-electron chi connectivity index (χ3n) is 7.90. The first-order chi connectivity index (χ1) is 20.5. The number of piperidine rings is 1. The predicted molar refractivity (Wildman–Crippen MR) is 164 cm³/mol. The summed E-state index contributed by atoms with van der Waals surface area (Å²) < 4.78 is 31.6. The second-order valence-electron chi connectivity index (χ2n) is 10.6. The van der Waals surface area contributed by atoms with Crippen molar-refractivity contribution in [3.05, 3.63) is 65.9 Å². The third-order valence-corrected chi connectivity index (χ3v) is 7.90. The van der Waals surface area contributed by atoms with Crippen LogP contribution in [0.5, 0.6) is 5.75 Å². The van der Waals surface area contributed by atoms with E-state index in [1.807, 2.05) is 30.3 Å². The number of alkyl halides is 1. The minimum absolute atomic E-state index is 0. The highest BCUT2D eigenvalue weighted by molar-refractivity contribution is 5.97. The zero-order valence-electron chi connectivity index (χ0n) is 23.7. The lowest BCUT2D eigenvalue weighted by molar-refractivity contribution is 0.0891. The molecule has 2 aromatic heterocycles. The van der Waals surface area contributed by atoms with Crippen LogP contribution in [-0.2, 0) is 4.74 Å². The van der Waals surface area contributed by atoms with E-state index in [2.05, 4.69) is 27.0 Å². The van der Waals surface area contributed by atoms with Crippen molar-refractivity contribution in [3.8, 4) is 34.3 Å². The van der Waals surface area contributed by atoms with Gasteiger partial charge in [0.05, 0.1) is 30.0 Å². The van der Waals surface area contributed by atoms with Gasteiger partial charge in [-0.25, -0.2) is 4.39 Å². The van der Waals surface area contributed by atoms with Crippen LogP contribution in [0.3, 0.4) is 0 Å². The van der Waals surface area contributed by atoms with Crippen LogP contribution in [0, 0.1) is 11.3 Å². The van der Waals surface area contributed by atoms with Gasteiger partial charge in [0, 0.05) is 49.2 Å². The monoisotopic (exact) mass is 605 g/mol. The third kappa shape index (κ3) is 6.44. The first-order valence-corrected chi connectivity index (χ1v) is 14.2. The molecule has 0 radical (unpaired) electrons. The Balaban J connectivity index is 0.00000368. The number of hydrogen-bond donors (Lipinski definition) is 3. The van der Waals surface area contributed by atoms with Crippen molar-refractivity contribution in [2.45, 2.75) is 37.5 Å². The number of benzene rings is 2. The van der Waals surface area contributed by atoms with E-state index >= 15 is 0 Å². The van der Waals surface area contributed by atoms with Gasteiger partial charge in [0.25, 0.3) is 5.91 Å². The number of amides is 1. The van der Waals surface area contributed by atoms with Crippen molar-refractivity contribution >= 4 is 35.1 Å². The Bertz CT molecular complexity index is 1650. The number of ether oxygens (including phenoxy) is 2. The summed E-state index contributed by atoms with van der Waals surface area (Å²) in [5.74, 6) is 0.612. The standard InChI is InChI=1S/C32H32FN5O4.ClH/c1-40-29-15-20(32(39)38-27-7-10-35-18-25(27)33)2-4-24(29)30-16-28-31(42-30)23(6-11-36-28)19-3-5-26(21(14-19)17-34)37-22-8-12-41-13-9-22;/h2-6,11,14-16,22,25,27,35,37H,7-10,12-13,18H2,1H3,(H,38,39);1H/t25-,27+;/m1./s1. The number of methoxy groups -OCH3 is 1. The number of furan rings is 1. The molecular formula is C32H33ClFN5O4. The van der Waals surface area contributed by atoms with Crippen molar-refractivity contribution in [3.63, 3.8) is 0 Å². The molecule has 4 aromatic rings. The van der Waals surface area contributed by atoms with Gasteiger partial charge >= 0.3 is 0 Å². The fraction of sp³-hybridized carbons (Fsp3) is 0.344. The van der Waals surface area contributed by atoms with Gasteiger partial charge in [-0.1, -0.05) is 6.07 Å². The number of nitrogens with one attached hydrogen (secondary N) is 3. The van der Waals surface area contributed by atoms with Gasteiger partial charge < -0.3 is 29.8 Å². The largest absolute Gasteiger partial charge is 0.496 e. The predicted octanol–water partition coefficient (Wildman–Crippen LogP) is 5.48. The molecule has 0 bridgehead atoms. The topological polar surface area (TPSA) is 121 Å². The van der Waals surface area contributed by atoms with Gasteiger partial charge in [0.15, 0.2) is 5.58 Å². The van der Waals surface area contributed by atoms with Crippen LogP contribution in [0.1, 0.15) is 35.2 Å². The van der Waals surface area contributed by atoms with Gasteiger partial charge in [-0.05, 0) is 67.8 Å². The zero-order valence-corrected chi connectivity index (χ0v) is 24.5. The summed E-state index contributed by atoms with van der Waals surface area (Å²) in [6.07, 6.45) is 2.91. The molecule has 9 nitrogen and oxygen atoms in total. The van der Waals surface area contributed by atoms with Gasteiger partial charge in [-0.15, -0.1) is 12.4 Å². The average molecular weight is 606 g/mol. The van der Waals surface area contributed by atoms with Crippen LogP contribution in [0.15, 0.2) is 59.1 Å². The summed E-state index contributed by atoms with van der Waals surface area (Å²) >= 11 is 0. The number of fused-ring (bicyclic) bond motifs is 1. The van der Waals surface area contributed by atoms with Gasteiger partial charge in [-0.3, -0.25) is 9.78 Å². The number of aromatic nitrogens is 1. The van der Waals surface area contributed by atoms with Gasteiger partial charge in [0.2, 0.25) is 0 Å². The molecule has 2 aromatic carbocycles. The Hall–Kier alpha value is -4.17. The number of nitrogens with zero attached hydrogens (tertiary/aromatic N) is 2. The maximum Gasteiger partial charge on any atom is 0.251 e. The first kappa shape index (κ1) is 30.3. The second kappa shape index (κ2) is 13.4. The van der Waals surface area contributed by atoms with E-state index in [1.54, 1.807) is 24.4 Å². The smallest absolute Gasteiger partial charge is 0.251 e. The van der Waals surface area contributed by atoms with E-state index in [4.69, 9.17) is 13.9 Å². The molecule has 3 N–H and O–H groups in total. The lowest BCUT2D eigenvalue weighted by atomic mass is 10.0. The fourth-order valence-electron chi connectivity index (χ4n) is 5.56. The lowest BCUT2D eigenvalue weighted by Crippen LogP contribution is -2.50. The molecule has 2 saturated heterocycles. The van der Waals surface area contributed by atoms with Crippen LogP contribution in [0.2, 0.25) is 0 Å². The highest BCUT2D eigenvalue weighted by atomic mass is 35.5. The molecule has 2 aliphatic heterocycles. The number of halogens is 2. The number of anilines is 1. The summed E-state index contributed by atoms with van der Waals surface area (Å²) in [4.78, 5) is 17.4. The summed E-state index contributed by atoms with van der Waals surface area (Å²) in [6, 6.07) is 16.6. The van der Waals surface area contributed by atoms with Crippen LogP contribution < -0.4 is 20.7 Å². The number of pyridine rings is 1. The average Bonchev–Trinajstić information content (AvgIpc) is 3.47. The molecule has 43 heavy (non-hydrogen) atoms. The quantitative estimate of drug-likeness (QED) is 0.253. The molecule has 11 heteroatoms. The van der Waals surface area contributed by atoms with Crippen molar-refractivity contribution in [1.82, 2.24) is 15.6 Å². The van der Waals surface area contributed by atoms with Crippen molar-refractivity contribution < 1.29 is 23.1 Å². The highest BCUT2D eigenvalue weighted by Crippen LogP contribution is 2.38. The Labute approximate surface area is 255 Å². The normalized spacial score (nSPS) is 18.8. The number of hydrogen-bond acceptors (Lipinski definition) is 8. The number of carbonyl (C=O) groups excluding carboxylic acids is 1. The summed E-state index contributed by atoms with van der Waals surface area (Å²) in [6.45, 7) is 2.31. The molecule has 2 atom stereocenters. The molecule has 2 fully saturated rings. The molecule has 224 valence electrons. The Kier molecular flexibility index (Phi) is 9.46. The minimum Gasteiger partial charge on any atom is -0.496 e.